The number of carbonyl (C=O) groups is 1. The van der Waals surface area contributed by atoms with Gasteiger partial charge < -0.3 is 19.8 Å². The number of nitrogens with one attached hydrogen (secondary N) is 2. The zero-order chi connectivity index (χ0) is 20.2. The molecule has 1 amide bonds. The SMILES string of the molecule is COc1cc2c(cc1NCC(=O)Nc1ccc(CC#N)cc1)oc1ccccc12. The second kappa shape index (κ2) is 7.95. The number of hydrogen-bond donors (Lipinski definition) is 2. The van der Waals surface area contributed by atoms with Crippen molar-refractivity contribution in [2.45, 2.75) is 6.42 Å². The Balaban J connectivity index is 1.49. The van der Waals surface area contributed by atoms with Gasteiger partial charge in [-0.3, -0.25) is 4.79 Å². The number of para-hydroxylation sites is 1. The van der Waals surface area contributed by atoms with Crippen LogP contribution in [0.2, 0.25) is 0 Å². The second-order valence-electron chi connectivity index (χ2n) is 6.58. The molecule has 1 heterocycles. The number of rotatable bonds is 6. The smallest absolute Gasteiger partial charge is 0.243 e. The van der Waals surface area contributed by atoms with Gasteiger partial charge in [-0.25, -0.2) is 0 Å². The minimum atomic E-state index is -0.190. The third-order valence-corrected chi connectivity index (χ3v) is 4.66. The Morgan fingerprint density at radius 1 is 1.07 bits per heavy atom. The van der Waals surface area contributed by atoms with Gasteiger partial charge >= 0.3 is 0 Å². The van der Waals surface area contributed by atoms with E-state index in [1.807, 2.05) is 48.5 Å². The lowest BCUT2D eigenvalue weighted by Crippen LogP contribution is -2.21. The maximum absolute atomic E-state index is 12.3. The summed E-state index contributed by atoms with van der Waals surface area (Å²) in [5, 5.41) is 16.6. The van der Waals surface area contributed by atoms with Gasteiger partial charge in [-0.15, -0.1) is 0 Å². The van der Waals surface area contributed by atoms with E-state index in [4.69, 9.17) is 14.4 Å². The number of benzene rings is 3. The predicted octanol–water partition coefficient (Wildman–Crippen LogP) is 4.71. The van der Waals surface area contributed by atoms with Gasteiger partial charge in [0.1, 0.15) is 16.9 Å². The molecule has 0 saturated heterocycles. The number of nitriles is 1. The minimum absolute atomic E-state index is 0.0715. The minimum Gasteiger partial charge on any atom is -0.495 e. The molecular formula is C23H19N3O3. The molecule has 29 heavy (non-hydrogen) atoms. The summed E-state index contributed by atoms with van der Waals surface area (Å²) in [5.74, 6) is 0.447. The van der Waals surface area contributed by atoms with E-state index in [1.165, 1.54) is 0 Å². The largest absolute Gasteiger partial charge is 0.495 e. The van der Waals surface area contributed by atoms with Crippen molar-refractivity contribution in [3.05, 3.63) is 66.2 Å². The number of methoxy groups -OCH3 is 1. The first kappa shape index (κ1) is 18.4. The fourth-order valence-electron chi connectivity index (χ4n) is 3.24. The molecule has 4 rings (SSSR count). The van der Waals surface area contributed by atoms with Crippen molar-refractivity contribution >= 4 is 39.2 Å². The summed E-state index contributed by atoms with van der Waals surface area (Å²) >= 11 is 0. The number of furan rings is 1. The molecule has 144 valence electrons. The normalized spacial score (nSPS) is 10.6. The van der Waals surface area contributed by atoms with Gasteiger partial charge in [0.05, 0.1) is 31.8 Å². The van der Waals surface area contributed by atoms with Crippen LogP contribution in [0.4, 0.5) is 11.4 Å². The van der Waals surface area contributed by atoms with E-state index in [-0.39, 0.29) is 12.5 Å². The topological polar surface area (TPSA) is 87.3 Å². The molecule has 0 unspecified atom stereocenters. The van der Waals surface area contributed by atoms with Crippen LogP contribution >= 0.6 is 0 Å². The molecule has 6 nitrogen and oxygen atoms in total. The van der Waals surface area contributed by atoms with Crippen molar-refractivity contribution in [2.75, 3.05) is 24.3 Å². The van der Waals surface area contributed by atoms with Gasteiger partial charge in [-0.05, 0) is 29.8 Å². The summed E-state index contributed by atoms with van der Waals surface area (Å²) in [7, 11) is 1.59. The number of amides is 1. The molecule has 1 aromatic heterocycles. The van der Waals surface area contributed by atoms with Crippen molar-refractivity contribution in [1.29, 1.82) is 5.26 Å². The summed E-state index contributed by atoms with van der Waals surface area (Å²) in [6.45, 7) is 0.0715. The Hall–Kier alpha value is -3.98. The lowest BCUT2D eigenvalue weighted by molar-refractivity contribution is -0.114. The molecule has 0 aliphatic carbocycles. The van der Waals surface area contributed by atoms with Gasteiger partial charge in [-0.2, -0.15) is 5.26 Å². The average molecular weight is 385 g/mol. The number of anilines is 2. The first-order valence-electron chi connectivity index (χ1n) is 9.17. The summed E-state index contributed by atoms with van der Waals surface area (Å²) in [6, 6.07) is 20.9. The number of hydrogen-bond acceptors (Lipinski definition) is 5. The highest BCUT2D eigenvalue weighted by Crippen LogP contribution is 2.36. The predicted molar refractivity (Wildman–Crippen MR) is 113 cm³/mol. The van der Waals surface area contributed by atoms with E-state index in [0.717, 1.165) is 27.5 Å². The fourth-order valence-corrected chi connectivity index (χ4v) is 3.24. The van der Waals surface area contributed by atoms with Crippen LogP contribution in [-0.2, 0) is 11.2 Å². The number of nitrogens with zero attached hydrogens (tertiary/aromatic N) is 1. The number of ether oxygens (including phenoxy) is 1. The Morgan fingerprint density at radius 2 is 1.86 bits per heavy atom. The zero-order valence-electron chi connectivity index (χ0n) is 15.9. The van der Waals surface area contributed by atoms with Crippen LogP contribution in [0.15, 0.2) is 65.1 Å². The maximum atomic E-state index is 12.3. The van der Waals surface area contributed by atoms with Gasteiger partial charge in [0, 0.05) is 22.5 Å². The Bertz CT molecular complexity index is 1220. The summed E-state index contributed by atoms with van der Waals surface area (Å²) in [6.07, 6.45) is 0.347. The van der Waals surface area contributed by atoms with E-state index in [1.54, 1.807) is 19.2 Å². The standard InChI is InChI=1S/C23H19N3O3/c1-28-22-12-18-17-4-2-3-5-20(17)29-21(18)13-19(22)25-14-23(27)26-16-8-6-15(7-9-16)10-11-24/h2-9,12-13,25H,10,14H2,1H3,(H,26,27). The van der Waals surface area contributed by atoms with Crippen LogP contribution in [0.25, 0.3) is 21.9 Å². The van der Waals surface area contributed by atoms with Crippen LogP contribution in [-0.4, -0.2) is 19.6 Å². The maximum Gasteiger partial charge on any atom is 0.243 e. The monoisotopic (exact) mass is 385 g/mol. The molecule has 0 aliphatic heterocycles. The van der Waals surface area contributed by atoms with E-state index in [0.29, 0.717) is 23.5 Å². The summed E-state index contributed by atoms with van der Waals surface area (Å²) in [5.41, 5.74) is 3.80. The van der Waals surface area contributed by atoms with Gasteiger partial charge in [0.2, 0.25) is 5.91 Å². The molecule has 0 spiro atoms. The molecule has 0 atom stereocenters. The second-order valence-corrected chi connectivity index (χ2v) is 6.58. The average Bonchev–Trinajstić information content (AvgIpc) is 3.10. The Kier molecular flexibility index (Phi) is 5.04. The first-order valence-corrected chi connectivity index (χ1v) is 9.17. The molecule has 0 radical (unpaired) electrons. The van der Waals surface area contributed by atoms with E-state index in [2.05, 4.69) is 16.7 Å². The fraction of sp³-hybridized carbons (Fsp3) is 0.130. The van der Waals surface area contributed by atoms with Crippen LogP contribution < -0.4 is 15.4 Å². The zero-order valence-corrected chi connectivity index (χ0v) is 15.9. The first-order chi connectivity index (χ1) is 14.2. The highest BCUT2D eigenvalue weighted by atomic mass is 16.5. The van der Waals surface area contributed by atoms with Gasteiger partial charge in [0.15, 0.2) is 0 Å². The molecular weight excluding hydrogens is 366 g/mol. The third-order valence-electron chi connectivity index (χ3n) is 4.66. The highest BCUT2D eigenvalue weighted by molar-refractivity contribution is 6.06. The van der Waals surface area contributed by atoms with Crippen molar-refractivity contribution in [3.8, 4) is 11.8 Å². The summed E-state index contributed by atoms with van der Waals surface area (Å²) < 4.78 is 11.4. The molecule has 2 N–H and O–H groups in total. The molecule has 4 aromatic rings. The van der Waals surface area contributed by atoms with Crippen molar-refractivity contribution < 1.29 is 13.9 Å². The van der Waals surface area contributed by atoms with Crippen LogP contribution in [0.5, 0.6) is 5.75 Å². The molecule has 0 aliphatic rings. The van der Waals surface area contributed by atoms with E-state index < -0.39 is 0 Å². The van der Waals surface area contributed by atoms with Crippen LogP contribution in [0.1, 0.15) is 5.56 Å². The Labute approximate surface area is 167 Å². The number of carbonyl (C=O) groups excluding carboxylic acids is 1. The van der Waals surface area contributed by atoms with Crippen LogP contribution in [0.3, 0.4) is 0 Å². The number of fused-ring (bicyclic) bond motifs is 3. The molecule has 0 saturated carbocycles. The van der Waals surface area contributed by atoms with Crippen molar-refractivity contribution in [3.63, 3.8) is 0 Å². The van der Waals surface area contributed by atoms with Gasteiger partial charge in [-0.1, -0.05) is 30.3 Å². The van der Waals surface area contributed by atoms with Crippen LogP contribution in [0, 0.1) is 11.3 Å². The molecule has 0 fully saturated rings. The lowest BCUT2D eigenvalue weighted by Gasteiger charge is -2.12. The molecule has 6 heteroatoms. The highest BCUT2D eigenvalue weighted by Gasteiger charge is 2.13. The lowest BCUT2D eigenvalue weighted by atomic mass is 10.1. The molecule has 3 aromatic carbocycles. The van der Waals surface area contributed by atoms with Crippen molar-refractivity contribution in [1.82, 2.24) is 0 Å². The third kappa shape index (κ3) is 3.85. The summed E-state index contributed by atoms with van der Waals surface area (Å²) in [4.78, 5) is 12.3. The Morgan fingerprint density at radius 3 is 2.62 bits per heavy atom. The van der Waals surface area contributed by atoms with Crippen molar-refractivity contribution in [2.24, 2.45) is 0 Å². The van der Waals surface area contributed by atoms with Gasteiger partial charge in [0.25, 0.3) is 0 Å². The van der Waals surface area contributed by atoms with E-state index >= 15 is 0 Å². The molecule has 0 bridgehead atoms. The van der Waals surface area contributed by atoms with E-state index in [9.17, 15) is 4.79 Å². The quantitative estimate of drug-likeness (QED) is 0.502.